The number of rotatable bonds is 5. The van der Waals surface area contributed by atoms with E-state index in [0.29, 0.717) is 12.6 Å². The van der Waals surface area contributed by atoms with E-state index in [2.05, 4.69) is 24.4 Å². The number of aryl methyl sites for hydroxylation is 1. The Kier molecular flexibility index (Phi) is 4.64. The van der Waals surface area contributed by atoms with Crippen LogP contribution < -0.4 is 10.1 Å². The zero-order valence-electron chi connectivity index (χ0n) is 12.2. The van der Waals surface area contributed by atoms with E-state index in [1.54, 1.807) is 12.1 Å². The fourth-order valence-corrected chi connectivity index (χ4v) is 2.08. The van der Waals surface area contributed by atoms with Crippen molar-refractivity contribution in [1.29, 1.82) is 0 Å². The van der Waals surface area contributed by atoms with Crippen LogP contribution in [0.5, 0.6) is 11.5 Å². The average Bonchev–Trinajstić information content (AvgIpc) is 2.45. The van der Waals surface area contributed by atoms with E-state index in [-0.39, 0.29) is 5.75 Å². The predicted molar refractivity (Wildman–Crippen MR) is 81.1 cm³/mol. The first-order valence-electron chi connectivity index (χ1n) is 6.78. The van der Waals surface area contributed by atoms with Crippen LogP contribution >= 0.6 is 0 Å². The summed E-state index contributed by atoms with van der Waals surface area (Å²) in [6, 6.07) is 13.7. The molecular weight excluding hydrogens is 250 g/mol. The largest absolute Gasteiger partial charge is 0.508 e. The minimum absolute atomic E-state index is 0.265. The van der Waals surface area contributed by atoms with Gasteiger partial charge >= 0.3 is 0 Å². The second kappa shape index (κ2) is 6.44. The topological polar surface area (TPSA) is 41.5 Å². The maximum atomic E-state index is 9.43. The number of hydrogen-bond donors (Lipinski definition) is 2. The summed E-state index contributed by atoms with van der Waals surface area (Å²) >= 11 is 0. The van der Waals surface area contributed by atoms with Gasteiger partial charge in [0.1, 0.15) is 18.1 Å². The predicted octanol–water partition coefficient (Wildman–Crippen LogP) is 3.56. The monoisotopic (exact) mass is 271 g/mol. The number of phenols is 1. The average molecular weight is 271 g/mol. The first-order chi connectivity index (χ1) is 9.60. The minimum atomic E-state index is 0.265. The zero-order valence-corrected chi connectivity index (χ0v) is 12.2. The van der Waals surface area contributed by atoms with Gasteiger partial charge in [-0.1, -0.05) is 24.3 Å². The van der Waals surface area contributed by atoms with Gasteiger partial charge in [-0.3, -0.25) is 0 Å². The maximum Gasteiger partial charge on any atom is 0.122 e. The second-order valence-corrected chi connectivity index (χ2v) is 4.99. The van der Waals surface area contributed by atoms with Crippen LogP contribution in [0.3, 0.4) is 0 Å². The number of nitrogens with one attached hydrogen (secondary N) is 1. The van der Waals surface area contributed by atoms with Crippen LogP contribution in [0, 0.1) is 6.92 Å². The van der Waals surface area contributed by atoms with Crippen molar-refractivity contribution in [2.75, 3.05) is 7.05 Å². The van der Waals surface area contributed by atoms with Crippen LogP contribution in [-0.4, -0.2) is 12.2 Å². The van der Waals surface area contributed by atoms with E-state index in [1.807, 2.05) is 32.2 Å². The lowest BCUT2D eigenvalue weighted by Gasteiger charge is -2.14. The van der Waals surface area contributed by atoms with E-state index in [9.17, 15) is 5.11 Å². The van der Waals surface area contributed by atoms with Gasteiger partial charge in [0.05, 0.1) is 0 Å². The fourth-order valence-electron chi connectivity index (χ4n) is 2.08. The van der Waals surface area contributed by atoms with Gasteiger partial charge in [-0.2, -0.15) is 0 Å². The van der Waals surface area contributed by atoms with Gasteiger partial charge in [0, 0.05) is 6.04 Å². The SMILES string of the molecule is CNC(C)c1ccc(OCc2cccc(O)c2)c(C)c1. The molecule has 0 aliphatic heterocycles. The van der Waals surface area contributed by atoms with Crippen LogP contribution in [0.1, 0.15) is 29.7 Å². The molecule has 3 nitrogen and oxygen atoms in total. The molecule has 0 amide bonds. The zero-order chi connectivity index (χ0) is 14.5. The molecule has 0 aliphatic carbocycles. The molecule has 2 aromatic rings. The van der Waals surface area contributed by atoms with Crippen molar-refractivity contribution in [3.8, 4) is 11.5 Å². The molecule has 0 saturated heterocycles. The third kappa shape index (κ3) is 3.52. The highest BCUT2D eigenvalue weighted by Gasteiger charge is 2.06. The molecule has 3 heteroatoms. The quantitative estimate of drug-likeness (QED) is 0.873. The molecule has 0 heterocycles. The lowest BCUT2D eigenvalue weighted by atomic mass is 10.1. The first kappa shape index (κ1) is 14.4. The summed E-state index contributed by atoms with van der Waals surface area (Å²) in [6.07, 6.45) is 0. The van der Waals surface area contributed by atoms with Crippen molar-refractivity contribution in [1.82, 2.24) is 5.32 Å². The number of ether oxygens (including phenoxy) is 1. The third-order valence-electron chi connectivity index (χ3n) is 3.44. The molecule has 2 rings (SSSR count). The van der Waals surface area contributed by atoms with Crippen molar-refractivity contribution < 1.29 is 9.84 Å². The molecular formula is C17H21NO2. The van der Waals surface area contributed by atoms with Crippen LogP contribution in [0.4, 0.5) is 0 Å². The van der Waals surface area contributed by atoms with E-state index in [1.165, 1.54) is 5.56 Å². The molecule has 0 radical (unpaired) electrons. The third-order valence-corrected chi connectivity index (χ3v) is 3.44. The van der Waals surface area contributed by atoms with Crippen LogP contribution in [0.15, 0.2) is 42.5 Å². The van der Waals surface area contributed by atoms with Gasteiger partial charge < -0.3 is 15.2 Å². The van der Waals surface area contributed by atoms with Crippen LogP contribution in [-0.2, 0) is 6.61 Å². The highest BCUT2D eigenvalue weighted by Crippen LogP contribution is 2.23. The minimum Gasteiger partial charge on any atom is -0.508 e. The number of benzene rings is 2. The second-order valence-electron chi connectivity index (χ2n) is 4.99. The van der Waals surface area contributed by atoms with Crippen molar-refractivity contribution in [2.24, 2.45) is 0 Å². The Hall–Kier alpha value is -2.00. The molecule has 0 fully saturated rings. The van der Waals surface area contributed by atoms with Gasteiger partial charge in [-0.15, -0.1) is 0 Å². The first-order valence-corrected chi connectivity index (χ1v) is 6.78. The Bertz CT molecular complexity index is 581. The highest BCUT2D eigenvalue weighted by molar-refractivity contribution is 5.37. The highest BCUT2D eigenvalue weighted by atomic mass is 16.5. The van der Waals surface area contributed by atoms with E-state index in [0.717, 1.165) is 16.9 Å². The molecule has 2 N–H and O–H groups in total. The maximum absolute atomic E-state index is 9.43. The molecule has 20 heavy (non-hydrogen) atoms. The summed E-state index contributed by atoms with van der Waals surface area (Å²) in [7, 11) is 1.95. The molecule has 0 aromatic heterocycles. The number of phenolic OH excluding ortho intramolecular Hbond substituents is 1. The lowest BCUT2D eigenvalue weighted by molar-refractivity contribution is 0.303. The van der Waals surface area contributed by atoms with Crippen molar-refractivity contribution >= 4 is 0 Å². The van der Waals surface area contributed by atoms with E-state index < -0.39 is 0 Å². The van der Waals surface area contributed by atoms with Gasteiger partial charge in [0.25, 0.3) is 0 Å². The Morgan fingerprint density at radius 2 is 2.00 bits per heavy atom. The number of aromatic hydroxyl groups is 1. The molecule has 0 saturated carbocycles. The molecule has 1 unspecified atom stereocenters. The van der Waals surface area contributed by atoms with Crippen molar-refractivity contribution in [3.05, 3.63) is 59.2 Å². The van der Waals surface area contributed by atoms with E-state index in [4.69, 9.17) is 4.74 Å². The van der Waals surface area contributed by atoms with Gasteiger partial charge in [-0.25, -0.2) is 0 Å². The molecule has 1 atom stereocenters. The summed E-state index contributed by atoms with van der Waals surface area (Å²) in [5, 5.41) is 12.7. The van der Waals surface area contributed by atoms with Gasteiger partial charge in [0.2, 0.25) is 0 Å². The fraction of sp³-hybridized carbons (Fsp3) is 0.294. The normalized spacial score (nSPS) is 12.2. The van der Waals surface area contributed by atoms with Crippen LogP contribution in [0.25, 0.3) is 0 Å². The van der Waals surface area contributed by atoms with Crippen molar-refractivity contribution in [3.63, 3.8) is 0 Å². The Balaban J connectivity index is 2.07. The Morgan fingerprint density at radius 3 is 2.65 bits per heavy atom. The molecule has 0 aliphatic rings. The smallest absolute Gasteiger partial charge is 0.122 e. The molecule has 0 spiro atoms. The lowest BCUT2D eigenvalue weighted by Crippen LogP contribution is -2.12. The summed E-state index contributed by atoms with van der Waals surface area (Å²) < 4.78 is 5.81. The van der Waals surface area contributed by atoms with Gasteiger partial charge in [-0.05, 0) is 55.8 Å². The standard InChI is InChI=1S/C17H21NO2/c1-12-9-15(13(2)18-3)7-8-17(12)20-11-14-5-4-6-16(19)10-14/h4-10,13,18-19H,11H2,1-3H3. The van der Waals surface area contributed by atoms with E-state index >= 15 is 0 Å². The van der Waals surface area contributed by atoms with Gasteiger partial charge in [0.15, 0.2) is 0 Å². The summed E-state index contributed by atoms with van der Waals surface area (Å²) in [5.74, 6) is 1.14. The molecule has 0 bridgehead atoms. The summed E-state index contributed by atoms with van der Waals surface area (Å²) in [6.45, 7) is 4.63. The molecule has 2 aromatic carbocycles. The van der Waals surface area contributed by atoms with Crippen LogP contribution in [0.2, 0.25) is 0 Å². The Labute approximate surface area is 120 Å². The number of hydrogen-bond acceptors (Lipinski definition) is 3. The molecule has 106 valence electrons. The Morgan fingerprint density at radius 1 is 1.20 bits per heavy atom. The summed E-state index contributed by atoms with van der Waals surface area (Å²) in [4.78, 5) is 0. The van der Waals surface area contributed by atoms with Crippen molar-refractivity contribution in [2.45, 2.75) is 26.5 Å². The summed E-state index contributed by atoms with van der Waals surface area (Å²) in [5.41, 5.74) is 3.32.